The van der Waals surface area contributed by atoms with Gasteiger partial charge in [-0.15, -0.1) is 12.4 Å². The summed E-state index contributed by atoms with van der Waals surface area (Å²) in [5, 5.41) is 3.07. The van der Waals surface area contributed by atoms with Crippen LogP contribution in [0.25, 0.3) is 0 Å². The molecule has 2 amide bonds. The van der Waals surface area contributed by atoms with Gasteiger partial charge in [0.2, 0.25) is 5.91 Å². The first-order valence-corrected chi connectivity index (χ1v) is 8.45. The lowest BCUT2D eigenvalue weighted by Crippen LogP contribution is -2.41. The molecule has 1 fully saturated rings. The van der Waals surface area contributed by atoms with Crippen LogP contribution in [0.15, 0.2) is 24.3 Å². The monoisotopic (exact) mass is 369 g/mol. The number of rotatable bonds is 6. The van der Waals surface area contributed by atoms with Gasteiger partial charge in [-0.2, -0.15) is 0 Å². The molecule has 6 nitrogen and oxygen atoms in total. The Morgan fingerprint density at radius 1 is 1.16 bits per heavy atom. The quantitative estimate of drug-likeness (QED) is 0.768. The van der Waals surface area contributed by atoms with Crippen molar-refractivity contribution in [3.63, 3.8) is 0 Å². The van der Waals surface area contributed by atoms with Crippen LogP contribution in [0.1, 0.15) is 22.3 Å². The fourth-order valence-electron chi connectivity index (χ4n) is 2.81. The topological polar surface area (TPSA) is 61.9 Å². The zero-order valence-electron chi connectivity index (χ0n) is 15.0. The van der Waals surface area contributed by atoms with Crippen molar-refractivity contribution >= 4 is 24.2 Å². The summed E-state index contributed by atoms with van der Waals surface area (Å²) in [7, 11) is 1.64. The van der Waals surface area contributed by atoms with Gasteiger partial charge in [0.25, 0.3) is 5.91 Å². The van der Waals surface area contributed by atoms with E-state index in [2.05, 4.69) is 5.32 Å². The van der Waals surface area contributed by atoms with Gasteiger partial charge in [0, 0.05) is 45.4 Å². The van der Waals surface area contributed by atoms with Gasteiger partial charge in [-0.25, -0.2) is 0 Å². The van der Waals surface area contributed by atoms with Gasteiger partial charge in [0.1, 0.15) is 0 Å². The second-order valence-corrected chi connectivity index (χ2v) is 6.07. The molecule has 0 spiro atoms. The third kappa shape index (κ3) is 6.65. The Morgan fingerprint density at radius 3 is 2.60 bits per heavy atom. The van der Waals surface area contributed by atoms with Gasteiger partial charge in [0.05, 0.1) is 13.2 Å². The summed E-state index contributed by atoms with van der Waals surface area (Å²) in [4.78, 5) is 28.5. The molecule has 140 valence electrons. The highest BCUT2D eigenvalue weighted by Gasteiger charge is 2.22. The smallest absolute Gasteiger partial charge is 0.253 e. The van der Waals surface area contributed by atoms with Gasteiger partial charge in [-0.1, -0.05) is 17.7 Å². The van der Waals surface area contributed by atoms with E-state index in [1.54, 1.807) is 7.11 Å². The molecule has 7 heteroatoms. The Labute approximate surface area is 155 Å². The van der Waals surface area contributed by atoms with Crippen molar-refractivity contribution in [2.24, 2.45) is 0 Å². The van der Waals surface area contributed by atoms with Crippen LogP contribution in [-0.4, -0.2) is 74.6 Å². The SMILES string of the molecule is COCCNCC(=O)N1CCCN(C(=O)c2cccc(C)c2)CC1.Cl. The third-order valence-electron chi connectivity index (χ3n) is 4.16. The Balaban J connectivity index is 0.00000312. The molecular formula is C18H28ClN3O3. The second-order valence-electron chi connectivity index (χ2n) is 6.07. The molecule has 1 N–H and O–H groups in total. The maximum atomic E-state index is 12.6. The van der Waals surface area contributed by atoms with Gasteiger partial charge in [-0.3, -0.25) is 9.59 Å². The molecule has 0 unspecified atom stereocenters. The molecule has 0 saturated carbocycles. The molecule has 0 radical (unpaired) electrons. The molecule has 1 heterocycles. The van der Waals surface area contributed by atoms with E-state index in [0.29, 0.717) is 45.9 Å². The fourth-order valence-corrected chi connectivity index (χ4v) is 2.81. The summed E-state index contributed by atoms with van der Waals surface area (Å²) in [6, 6.07) is 7.65. The van der Waals surface area contributed by atoms with E-state index >= 15 is 0 Å². The number of nitrogens with zero attached hydrogens (tertiary/aromatic N) is 2. The van der Waals surface area contributed by atoms with E-state index in [0.717, 1.165) is 17.5 Å². The van der Waals surface area contributed by atoms with Crippen LogP contribution >= 0.6 is 12.4 Å². The van der Waals surface area contributed by atoms with Gasteiger partial charge in [-0.05, 0) is 25.5 Å². The summed E-state index contributed by atoms with van der Waals surface area (Å²) in [6.45, 7) is 6.10. The molecule has 25 heavy (non-hydrogen) atoms. The van der Waals surface area contributed by atoms with Crippen LogP contribution in [0.3, 0.4) is 0 Å². The summed E-state index contributed by atoms with van der Waals surface area (Å²) in [6.07, 6.45) is 0.807. The first kappa shape index (κ1) is 21.4. The number of ether oxygens (including phenoxy) is 1. The number of halogens is 1. The molecule has 0 aliphatic carbocycles. The van der Waals surface area contributed by atoms with Crippen LogP contribution in [0, 0.1) is 6.92 Å². The van der Waals surface area contributed by atoms with Crippen LogP contribution in [-0.2, 0) is 9.53 Å². The third-order valence-corrected chi connectivity index (χ3v) is 4.16. The number of benzene rings is 1. The second kappa shape index (κ2) is 11.1. The summed E-state index contributed by atoms with van der Waals surface area (Å²) < 4.78 is 4.95. The van der Waals surface area contributed by atoms with Crippen LogP contribution < -0.4 is 5.32 Å². The maximum absolute atomic E-state index is 12.6. The van der Waals surface area contributed by atoms with Crippen molar-refractivity contribution in [1.82, 2.24) is 15.1 Å². The van der Waals surface area contributed by atoms with Crippen molar-refractivity contribution in [2.75, 3.05) is 53.0 Å². The molecule has 1 aromatic rings. The predicted molar refractivity (Wildman–Crippen MR) is 100 cm³/mol. The highest BCUT2D eigenvalue weighted by atomic mass is 35.5. The van der Waals surface area contributed by atoms with E-state index in [1.807, 2.05) is 41.0 Å². The highest BCUT2D eigenvalue weighted by molar-refractivity contribution is 5.94. The van der Waals surface area contributed by atoms with E-state index in [1.165, 1.54) is 0 Å². The van der Waals surface area contributed by atoms with Crippen molar-refractivity contribution in [3.05, 3.63) is 35.4 Å². The Hall–Kier alpha value is -1.63. The van der Waals surface area contributed by atoms with E-state index in [4.69, 9.17) is 4.74 Å². The molecule has 2 rings (SSSR count). The molecule has 1 aliphatic rings. The number of aryl methyl sites for hydroxylation is 1. The maximum Gasteiger partial charge on any atom is 0.253 e. The predicted octanol–water partition coefficient (Wildman–Crippen LogP) is 1.33. The van der Waals surface area contributed by atoms with Crippen molar-refractivity contribution in [2.45, 2.75) is 13.3 Å². The van der Waals surface area contributed by atoms with Gasteiger partial charge < -0.3 is 19.9 Å². The van der Waals surface area contributed by atoms with Crippen molar-refractivity contribution in [3.8, 4) is 0 Å². The number of carbonyl (C=O) groups excluding carboxylic acids is 2. The summed E-state index contributed by atoms with van der Waals surface area (Å²) in [5.74, 6) is 0.127. The molecular weight excluding hydrogens is 342 g/mol. The average molecular weight is 370 g/mol. The summed E-state index contributed by atoms with van der Waals surface area (Å²) >= 11 is 0. The zero-order valence-corrected chi connectivity index (χ0v) is 15.8. The molecule has 1 saturated heterocycles. The minimum absolute atomic E-state index is 0. The standard InChI is InChI=1S/C18H27N3O3.ClH/c1-15-5-3-6-16(13-15)18(23)21-9-4-8-20(10-11-21)17(22)14-19-7-12-24-2;/h3,5-6,13,19H,4,7-12,14H2,1-2H3;1H. The summed E-state index contributed by atoms with van der Waals surface area (Å²) in [5.41, 5.74) is 1.80. The van der Waals surface area contributed by atoms with Gasteiger partial charge in [0.15, 0.2) is 0 Å². The van der Waals surface area contributed by atoms with Crippen LogP contribution in [0.5, 0.6) is 0 Å². The van der Waals surface area contributed by atoms with Crippen molar-refractivity contribution < 1.29 is 14.3 Å². The Bertz CT molecular complexity index is 568. The van der Waals surface area contributed by atoms with Crippen LogP contribution in [0.2, 0.25) is 0 Å². The normalized spacial score (nSPS) is 14.6. The first-order valence-electron chi connectivity index (χ1n) is 8.45. The largest absolute Gasteiger partial charge is 0.383 e. The number of nitrogens with one attached hydrogen (secondary N) is 1. The molecule has 0 aromatic heterocycles. The number of carbonyl (C=O) groups is 2. The minimum Gasteiger partial charge on any atom is -0.383 e. The lowest BCUT2D eigenvalue weighted by molar-refractivity contribution is -0.130. The van der Waals surface area contributed by atoms with E-state index < -0.39 is 0 Å². The number of methoxy groups -OCH3 is 1. The Morgan fingerprint density at radius 2 is 1.88 bits per heavy atom. The minimum atomic E-state index is 0. The molecule has 0 atom stereocenters. The first-order chi connectivity index (χ1) is 11.6. The van der Waals surface area contributed by atoms with Crippen LogP contribution in [0.4, 0.5) is 0 Å². The zero-order chi connectivity index (χ0) is 17.4. The Kier molecular flexibility index (Phi) is 9.49. The lowest BCUT2D eigenvalue weighted by Gasteiger charge is -2.22. The molecule has 1 aliphatic heterocycles. The number of amides is 2. The van der Waals surface area contributed by atoms with Crippen molar-refractivity contribution in [1.29, 1.82) is 0 Å². The number of hydrogen-bond acceptors (Lipinski definition) is 4. The molecule has 1 aromatic carbocycles. The van der Waals surface area contributed by atoms with Gasteiger partial charge >= 0.3 is 0 Å². The van der Waals surface area contributed by atoms with E-state index in [9.17, 15) is 9.59 Å². The number of hydrogen-bond donors (Lipinski definition) is 1. The average Bonchev–Trinajstić information content (AvgIpc) is 2.84. The van der Waals surface area contributed by atoms with E-state index in [-0.39, 0.29) is 24.2 Å². The highest BCUT2D eigenvalue weighted by Crippen LogP contribution is 2.11. The molecule has 0 bridgehead atoms. The lowest BCUT2D eigenvalue weighted by atomic mass is 10.1. The fraction of sp³-hybridized carbons (Fsp3) is 0.556.